The van der Waals surface area contributed by atoms with Crippen molar-refractivity contribution in [2.45, 2.75) is 25.7 Å². The highest BCUT2D eigenvalue weighted by Crippen LogP contribution is 2.64. The van der Waals surface area contributed by atoms with Crippen LogP contribution < -0.4 is 9.64 Å². The molecule has 2 saturated heterocycles. The molecule has 0 spiro atoms. The standard InChI is InChI=1S/C29H26ClFN2O7/c1-29-19(26(36)32(28(29)38)14-6-9-21(31)20(30)12-14)13-18-15(7-8-17-23(18)27(37)33(39)25(17)35)24(29)16-4-2-3-5-22(16)40-11-10-34/h2-7,9,12,17-19,23-24,34,39H,8,10-11,13H2,1H3/t17-,18+,19-,23-,24+,29+/m0/s1. The number of carbonyl (C=O) groups is 4. The molecule has 6 atom stereocenters. The zero-order valence-corrected chi connectivity index (χ0v) is 22.2. The molecule has 9 nitrogen and oxygen atoms in total. The number of imide groups is 2. The van der Waals surface area contributed by atoms with Crippen LogP contribution in [0.1, 0.15) is 31.2 Å². The summed E-state index contributed by atoms with van der Waals surface area (Å²) in [5.74, 6) is -6.61. The molecule has 2 aliphatic heterocycles. The van der Waals surface area contributed by atoms with Gasteiger partial charge >= 0.3 is 0 Å². The van der Waals surface area contributed by atoms with Gasteiger partial charge in [-0.1, -0.05) is 41.4 Å². The van der Waals surface area contributed by atoms with Gasteiger partial charge in [0.1, 0.15) is 18.2 Å². The number of aliphatic hydroxyl groups is 1. The van der Waals surface area contributed by atoms with Crippen LogP contribution in [0, 0.1) is 34.9 Å². The average molecular weight is 569 g/mol. The Labute approximate surface area is 233 Å². The van der Waals surface area contributed by atoms with Crippen molar-refractivity contribution in [1.29, 1.82) is 0 Å². The van der Waals surface area contributed by atoms with Crippen molar-refractivity contribution >= 4 is 40.9 Å². The average Bonchev–Trinajstić information content (AvgIpc) is 3.28. The topological polar surface area (TPSA) is 124 Å². The van der Waals surface area contributed by atoms with Gasteiger partial charge in [0.15, 0.2) is 0 Å². The first-order valence-electron chi connectivity index (χ1n) is 13.0. The van der Waals surface area contributed by atoms with E-state index >= 15 is 0 Å². The predicted octanol–water partition coefficient (Wildman–Crippen LogP) is 3.47. The molecule has 2 aromatic rings. The van der Waals surface area contributed by atoms with Crippen molar-refractivity contribution < 1.29 is 38.6 Å². The molecule has 40 heavy (non-hydrogen) atoms. The lowest BCUT2D eigenvalue weighted by Gasteiger charge is -2.49. The van der Waals surface area contributed by atoms with E-state index in [9.17, 15) is 33.9 Å². The number of hydrogen-bond donors (Lipinski definition) is 2. The van der Waals surface area contributed by atoms with E-state index in [1.54, 1.807) is 31.2 Å². The maximum Gasteiger partial charge on any atom is 0.257 e. The fourth-order valence-corrected chi connectivity index (χ4v) is 7.39. The number of anilines is 1. The first kappa shape index (κ1) is 26.6. The zero-order chi connectivity index (χ0) is 28.5. The highest BCUT2D eigenvalue weighted by Gasteiger charge is 2.68. The summed E-state index contributed by atoms with van der Waals surface area (Å²) in [6, 6.07) is 10.6. The Kier molecular flexibility index (Phi) is 6.32. The summed E-state index contributed by atoms with van der Waals surface area (Å²) >= 11 is 6.00. The SMILES string of the molecule is C[C@@]12C(=O)N(c3ccc(F)c(Cl)c3)C(=O)[C@@H]1C[C@@H]1C(=CC[C@@H]3C(=O)N(O)C(=O)[C@@H]31)[C@@H]2c1ccccc1OCCO. The quantitative estimate of drug-likeness (QED) is 0.321. The van der Waals surface area contributed by atoms with Crippen LogP contribution in [0.15, 0.2) is 54.1 Å². The van der Waals surface area contributed by atoms with Crippen LogP contribution >= 0.6 is 11.6 Å². The lowest BCUT2D eigenvalue weighted by molar-refractivity contribution is -0.173. The molecule has 0 unspecified atom stereocenters. The molecule has 4 amide bonds. The van der Waals surface area contributed by atoms with Gasteiger partial charge in [-0.2, -0.15) is 5.06 Å². The minimum absolute atomic E-state index is 0.00338. The molecule has 3 fully saturated rings. The van der Waals surface area contributed by atoms with Gasteiger partial charge in [-0.05, 0) is 49.9 Å². The van der Waals surface area contributed by atoms with Crippen molar-refractivity contribution in [3.8, 4) is 5.75 Å². The molecular weight excluding hydrogens is 543 g/mol. The fraction of sp³-hybridized carbons (Fsp3) is 0.379. The Hall–Kier alpha value is -3.60. The Morgan fingerprint density at radius 2 is 1.82 bits per heavy atom. The van der Waals surface area contributed by atoms with Crippen LogP contribution in [-0.2, 0) is 19.2 Å². The van der Waals surface area contributed by atoms with E-state index in [0.29, 0.717) is 11.3 Å². The van der Waals surface area contributed by atoms with E-state index in [0.717, 1.165) is 16.5 Å². The Balaban J connectivity index is 1.54. The largest absolute Gasteiger partial charge is 0.491 e. The highest BCUT2D eigenvalue weighted by atomic mass is 35.5. The van der Waals surface area contributed by atoms with E-state index in [1.165, 1.54) is 12.1 Å². The van der Waals surface area contributed by atoms with E-state index in [4.69, 9.17) is 16.3 Å². The molecule has 208 valence electrons. The lowest BCUT2D eigenvalue weighted by Crippen LogP contribution is -2.49. The Morgan fingerprint density at radius 1 is 1.07 bits per heavy atom. The second kappa shape index (κ2) is 9.50. The number of rotatable bonds is 5. The van der Waals surface area contributed by atoms with Crippen LogP contribution in [0.4, 0.5) is 10.1 Å². The molecule has 2 heterocycles. The number of allylic oxidation sites excluding steroid dienone is 2. The number of hydroxylamine groups is 2. The summed E-state index contributed by atoms with van der Waals surface area (Å²) in [7, 11) is 0. The number of para-hydroxylation sites is 1. The first-order chi connectivity index (χ1) is 19.1. The molecule has 2 aliphatic carbocycles. The van der Waals surface area contributed by atoms with Crippen LogP contribution in [0.25, 0.3) is 0 Å². The number of amides is 4. The Bertz CT molecular complexity index is 1490. The monoisotopic (exact) mass is 568 g/mol. The second-order valence-electron chi connectivity index (χ2n) is 10.9. The van der Waals surface area contributed by atoms with Gasteiger partial charge in [-0.25, -0.2) is 9.29 Å². The molecule has 0 radical (unpaired) electrons. The van der Waals surface area contributed by atoms with Crippen molar-refractivity contribution in [3.63, 3.8) is 0 Å². The number of ether oxygens (including phenoxy) is 1. The summed E-state index contributed by atoms with van der Waals surface area (Å²) in [4.78, 5) is 55.2. The van der Waals surface area contributed by atoms with Crippen molar-refractivity contribution in [1.82, 2.24) is 5.06 Å². The number of fused-ring (bicyclic) bond motifs is 4. The second-order valence-corrected chi connectivity index (χ2v) is 11.3. The summed E-state index contributed by atoms with van der Waals surface area (Å²) in [6.07, 6.45) is 2.14. The van der Waals surface area contributed by atoms with Crippen molar-refractivity contribution in [2.24, 2.45) is 29.1 Å². The molecule has 6 rings (SSSR count). The summed E-state index contributed by atoms with van der Waals surface area (Å²) in [6.45, 7) is 1.46. The van der Waals surface area contributed by atoms with Gasteiger partial charge in [0.05, 0.1) is 40.5 Å². The Morgan fingerprint density at radius 3 is 2.55 bits per heavy atom. The fourth-order valence-electron chi connectivity index (χ4n) is 7.22. The highest BCUT2D eigenvalue weighted by molar-refractivity contribution is 6.31. The number of hydrogen-bond acceptors (Lipinski definition) is 7. The van der Waals surface area contributed by atoms with Crippen LogP contribution in [-0.4, -0.2) is 52.2 Å². The third-order valence-corrected chi connectivity index (χ3v) is 9.28. The molecule has 2 N–H and O–H groups in total. The minimum Gasteiger partial charge on any atom is -0.491 e. The zero-order valence-electron chi connectivity index (χ0n) is 21.4. The maximum atomic E-state index is 14.3. The van der Waals surface area contributed by atoms with E-state index in [-0.39, 0.29) is 41.8 Å². The van der Waals surface area contributed by atoms with Gasteiger partial charge < -0.3 is 9.84 Å². The number of aliphatic hydroxyl groups excluding tert-OH is 1. The van der Waals surface area contributed by atoms with Gasteiger partial charge in [0.25, 0.3) is 11.8 Å². The summed E-state index contributed by atoms with van der Waals surface area (Å²) < 4.78 is 19.8. The van der Waals surface area contributed by atoms with E-state index in [2.05, 4.69) is 0 Å². The normalized spacial score (nSPS) is 31.2. The van der Waals surface area contributed by atoms with Gasteiger partial charge in [0.2, 0.25) is 11.8 Å². The molecule has 2 aromatic carbocycles. The van der Waals surface area contributed by atoms with Crippen LogP contribution in [0.3, 0.4) is 0 Å². The van der Waals surface area contributed by atoms with Gasteiger partial charge in [-0.15, -0.1) is 0 Å². The number of halogens is 2. The molecule has 1 saturated carbocycles. The summed E-state index contributed by atoms with van der Waals surface area (Å²) in [5.41, 5.74) is 0.104. The number of benzene rings is 2. The smallest absolute Gasteiger partial charge is 0.257 e. The van der Waals surface area contributed by atoms with Crippen LogP contribution in [0.5, 0.6) is 5.75 Å². The van der Waals surface area contributed by atoms with Crippen molar-refractivity contribution in [3.05, 3.63) is 70.5 Å². The lowest BCUT2D eigenvalue weighted by atomic mass is 9.51. The molecule has 0 aromatic heterocycles. The minimum atomic E-state index is -1.34. The summed E-state index contributed by atoms with van der Waals surface area (Å²) in [5, 5.41) is 19.5. The molecule has 4 aliphatic rings. The third-order valence-electron chi connectivity index (χ3n) is 8.99. The van der Waals surface area contributed by atoms with Gasteiger partial charge in [-0.3, -0.25) is 24.4 Å². The molecular formula is C29H26ClFN2O7. The molecule has 0 bridgehead atoms. The maximum absolute atomic E-state index is 14.3. The van der Waals surface area contributed by atoms with E-state index < -0.39 is 64.5 Å². The van der Waals surface area contributed by atoms with Crippen molar-refractivity contribution in [2.75, 3.05) is 18.1 Å². The number of carbonyl (C=O) groups excluding carboxylic acids is 4. The van der Waals surface area contributed by atoms with Gasteiger partial charge in [0, 0.05) is 11.5 Å². The number of nitrogens with zero attached hydrogens (tertiary/aromatic N) is 2. The first-order valence-corrected chi connectivity index (χ1v) is 13.4. The predicted molar refractivity (Wildman–Crippen MR) is 139 cm³/mol. The third kappa shape index (κ3) is 3.59. The van der Waals surface area contributed by atoms with E-state index in [1.807, 2.05) is 6.08 Å². The molecule has 11 heteroatoms. The van der Waals surface area contributed by atoms with Crippen LogP contribution in [0.2, 0.25) is 5.02 Å².